The van der Waals surface area contributed by atoms with Crippen LogP contribution in [0.25, 0.3) is 0 Å². The molecule has 2 heterocycles. The Morgan fingerprint density at radius 3 is 2.67 bits per heavy atom. The van der Waals surface area contributed by atoms with Gasteiger partial charge in [-0.2, -0.15) is 5.26 Å². The van der Waals surface area contributed by atoms with E-state index in [1.54, 1.807) is 12.3 Å². The molecule has 0 aliphatic carbocycles. The molecule has 0 spiro atoms. The third kappa shape index (κ3) is 3.42. The van der Waals surface area contributed by atoms with E-state index >= 15 is 0 Å². The van der Waals surface area contributed by atoms with E-state index in [-0.39, 0.29) is 6.54 Å². The van der Waals surface area contributed by atoms with E-state index in [9.17, 15) is 0 Å². The number of nitrogens with zero attached hydrogens (tertiary/aromatic N) is 4. The number of nitrogens with one attached hydrogen (secondary N) is 2. The van der Waals surface area contributed by atoms with E-state index in [1.165, 1.54) is 6.33 Å². The minimum absolute atomic E-state index is 0.219. The number of nitriles is 1. The van der Waals surface area contributed by atoms with Crippen LogP contribution in [0.2, 0.25) is 0 Å². The van der Waals surface area contributed by atoms with Crippen LogP contribution in [0, 0.1) is 11.3 Å². The zero-order valence-electron chi connectivity index (χ0n) is 9.67. The van der Waals surface area contributed by atoms with Gasteiger partial charge in [-0.1, -0.05) is 6.07 Å². The molecule has 0 amide bonds. The Kier molecular flexibility index (Phi) is 4.03. The van der Waals surface area contributed by atoms with E-state index in [0.29, 0.717) is 18.2 Å². The molecule has 90 valence electrons. The van der Waals surface area contributed by atoms with Crippen LogP contribution in [0.3, 0.4) is 0 Å². The van der Waals surface area contributed by atoms with Crippen molar-refractivity contribution in [2.75, 3.05) is 17.2 Å². The summed E-state index contributed by atoms with van der Waals surface area (Å²) in [6, 6.07) is 9.48. The molecule has 0 aliphatic rings. The first-order chi connectivity index (χ1) is 8.88. The molecule has 0 fully saturated rings. The van der Waals surface area contributed by atoms with Gasteiger partial charge in [0.25, 0.3) is 0 Å². The van der Waals surface area contributed by atoms with Crippen molar-refractivity contribution < 1.29 is 0 Å². The van der Waals surface area contributed by atoms with Crippen LogP contribution in [-0.4, -0.2) is 21.5 Å². The summed E-state index contributed by atoms with van der Waals surface area (Å²) in [4.78, 5) is 12.3. The van der Waals surface area contributed by atoms with Crippen LogP contribution in [0.15, 0.2) is 36.8 Å². The number of pyridine rings is 1. The van der Waals surface area contributed by atoms with Gasteiger partial charge in [-0.15, -0.1) is 0 Å². The predicted molar refractivity (Wildman–Crippen MR) is 67.7 cm³/mol. The van der Waals surface area contributed by atoms with Gasteiger partial charge in [-0.05, 0) is 12.1 Å². The maximum atomic E-state index is 8.47. The van der Waals surface area contributed by atoms with Crippen molar-refractivity contribution in [1.29, 1.82) is 5.26 Å². The highest BCUT2D eigenvalue weighted by Gasteiger charge is 1.98. The lowest BCUT2D eigenvalue weighted by Crippen LogP contribution is -2.05. The molecule has 18 heavy (non-hydrogen) atoms. The van der Waals surface area contributed by atoms with Crippen molar-refractivity contribution in [2.45, 2.75) is 6.54 Å². The lowest BCUT2D eigenvalue weighted by Gasteiger charge is -2.06. The fraction of sp³-hybridized carbons (Fsp3) is 0.167. The Hall–Kier alpha value is -2.68. The first kappa shape index (κ1) is 11.8. The molecule has 0 saturated carbocycles. The summed E-state index contributed by atoms with van der Waals surface area (Å²) in [7, 11) is 0. The fourth-order valence-electron chi connectivity index (χ4n) is 1.36. The van der Waals surface area contributed by atoms with Crippen molar-refractivity contribution in [3.63, 3.8) is 0 Å². The molecule has 2 rings (SSSR count). The second kappa shape index (κ2) is 6.15. The summed E-state index contributed by atoms with van der Waals surface area (Å²) in [6.45, 7) is 0.812. The SMILES string of the molecule is N#CCNc1cc(NCc2ccccn2)ncn1. The van der Waals surface area contributed by atoms with E-state index in [2.05, 4.69) is 25.6 Å². The Bertz CT molecular complexity index is 534. The Balaban J connectivity index is 1.95. The molecule has 0 aromatic carbocycles. The lowest BCUT2D eigenvalue weighted by molar-refractivity contribution is 1.02. The highest BCUT2D eigenvalue weighted by Crippen LogP contribution is 2.09. The second-order valence-corrected chi connectivity index (χ2v) is 3.47. The summed E-state index contributed by atoms with van der Waals surface area (Å²) < 4.78 is 0. The fourth-order valence-corrected chi connectivity index (χ4v) is 1.36. The van der Waals surface area contributed by atoms with Crippen LogP contribution in [0.4, 0.5) is 11.6 Å². The van der Waals surface area contributed by atoms with Gasteiger partial charge in [0.05, 0.1) is 18.3 Å². The highest BCUT2D eigenvalue weighted by atomic mass is 15.1. The average Bonchev–Trinajstić information content (AvgIpc) is 2.44. The van der Waals surface area contributed by atoms with Crippen molar-refractivity contribution in [2.24, 2.45) is 0 Å². The molecule has 0 atom stereocenters. The van der Waals surface area contributed by atoms with Crippen LogP contribution < -0.4 is 10.6 Å². The molecule has 2 aromatic heterocycles. The molecule has 6 nitrogen and oxygen atoms in total. The van der Waals surface area contributed by atoms with E-state index in [1.807, 2.05) is 24.3 Å². The van der Waals surface area contributed by atoms with Crippen molar-refractivity contribution in [1.82, 2.24) is 15.0 Å². The molecular formula is C12H12N6. The molecule has 2 aromatic rings. The molecule has 0 radical (unpaired) electrons. The number of hydrogen-bond acceptors (Lipinski definition) is 6. The zero-order chi connectivity index (χ0) is 12.6. The van der Waals surface area contributed by atoms with Crippen LogP contribution in [-0.2, 0) is 6.54 Å². The van der Waals surface area contributed by atoms with Gasteiger partial charge < -0.3 is 10.6 Å². The summed E-state index contributed by atoms with van der Waals surface area (Å²) in [6.07, 6.45) is 3.19. The van der Waals surface area contributed by atoms with Gasteiger partial charge in [0.15, 0.2) is 0 Å². The molecule has 6 heteroatoms. The van der Waals surface area contributed by atoms with Gasteiger partial charge in [-0.3, -0.25) is 4.98 Å². The molecular weight excluding hydrogens is 228 g/mol. The molecule has 0 aliphatic heterocycles. The predicted octanol–water partition coefficient (Wildman–Crippen LogP) is 1.42. The quantitative estimate of drug-likeness (QED) is 0.768. The van der Waals surface area contributed by atoms with E-state index < -0.39 is 0 Å². The third-order valence-corrected chi connectivity index (χ3v) is 2.19. The molecule has 0 saturated heterocycles. The summed E-state index contributed by atoms with van der Waals surface area (Å²) >= 11 is 0. The first-order valence-electron chi connectivity index (χ1n) is 5.45. The normalized spacial score (nSPS) is 9.50. The minimum atomic E-state index is 0.219. The Labute approximate surface area is 105 Å². The molecule has 0 unspecified atom stereocenters. The standard InChI is InChI=1S/C12H12N6/c13-4-6-15-11-7-12(18-9-17-11)16-8-10-3-1-2-5-14-10/h1-3,5,7,9H,6,8H2,(H2,15,16,17,18). The highest BCUT2D eigenvalue weighted by molar-refractivity contribution is 5.46. The van der Waals surface area contributed by atoms with Crippen LogP contribution in [0.5, 0.6) is 0 Å². The summed E-state index contributed by atoms with van der Waals surface area (Å²) in [5.41, 5.74) is 0.933. The second-order valence-electron chi connectivity index (χ2n) is 3.47. The van der Waals surface area contributed by atoms with Crippen LogP contribution in [0.1, 0.15) is 5.69 Å². The van der Waals surface area contributed by atoms with E-state index in [4.69, 9.17) is 5.26 Å². The summed E-state index contributed by atoms with van der Waals surface area (Å²) in [5, 5.41) is 14.5. The van der Waals surface area contributed by atoms with Gasteiger partial charge in [0, 0.05) is 12.3 Å². The first-order valence-corrected chi connectivity index (χ1v) is 5.45. The van der Waals surface area contributed by atoms with Gasteiger partial charge in [0.1, 0.15) is 24.5 Å². The maximum Gasteiger partial charge on any atom is 0.132 e. The molecule has 0 bridgehead atoms. The van der Waals surface area contributed by atoms with Gasteiger partial charge in [0.2, 0.25) is 0 Å². The minimum Gasteiger partial charge on any atom is -0.364 e. The zero-order valence-corrected chi connectivity index (χ0v) is 9.67. The number of aromatic nitrogens is 3. The summed E-state index contributed by atoms with van der Waals surface area (Å²) in [5.74, 6) is 1.31. The third-order valence-electron chi connectivity index (χ3n) is 2.19. The Morgan fingerprint density at radius 1 is 1.11 bits per heavy atom. The van der Waals surface area contributed by atoms with Crippen molar-refractivity contribution in [3.05, 3.63) is 42.5 Å². The monoisotopic (exact) mass is 240 g/mol. The van der Waals surface area contributed by atoms with Gasteiger partial charge in [-0.25, -0.2) is 9.97 Å². The van der Waals surface area contributed by atoms with Crippen molar-refractivity contribution in [3.8, 4) is 6.07 Å². The lowest BCUT2D eigenvalue weighted by atomic mass is 10.3. The molecule has 2 N–H and O–H groups in total. The van der Waals surface area contributed by atoms with E-state index in [0.717, 1.165) is 5.69 Å². The number of anilines is 2. The average molecular weight is 240 g/mol. The Morgan fingerprint density at radius 2 is 1.94 bits per heavy atom. The van der Waals surface area contributed by atoms with Crippen molar-refractivity contribution >= 4 is 11.6 Å². The topological polar surface area (TPSA) is 86.5 Å². The maximum absolute atomic E-state index is 8.47. The van der Waals surface area contributed by atoms with Gasteiger partial charge >= 0.3 is 0 Å². The largest absolute Gasteiger partial charge is 0.364 e. The van der Waals surface area contributed by atoms with Crippen LogP contribution >= 0.6 is 0 Å². The number of rotatable bonds is 5. The smallest absolute Gasteiger partial charge is 0.132 e. The number of hydrogen-bond donors (Lipinski definition) is 2.